The molecular weight excluding hydrogens is 492 g/mol. The molecule has 0 aliphatic heterocycles. The first-order valence-electron chi connectivity index (χ1n) is 16.9. The van der Waals surface area contributed by atoms with E-state index in [-0.39, 0.29) is 11.6 Å². The summed E-state index contributed by atoms with van der Waals surface area (Å²) < 4.78 is 4.35. The van der Waals surface area contributed by atoms with Gasteiger partial charge in [-0.1, -0.05) is 141 Å². The third-order valence-electron chi connectivity index (χ3n) is 8.86. The predicted molar refractivity (Wildman–Crippen MR) is 166 cm³/mol. The smallest absolute Gasteiger partial charge is 0.254 e. The van der Waals surface area contributed by atoms with E-state index in [0.29, 0.717) is 22.5 Å². The molecule has 0 amide bonds. The molecule has 1 aliphatic rings. The molecule has 0 spiro atoms. The molecule has 4 heteroatoms. The van der Waals surface area contributed by atoms with E-state index < -0.39 is 0 Å². The summed E-state index contributed by atoms with van der Waals surface area (Å²) in [7, 11) is 0. The fraction of sp³-hybridized carbons (Fsp3) is 0.694. The zero-order valence-electron chi connectivity index (χ0n) is 26.1. The molecule has 40 heavy (non-hydrogen) atoms. The van der Waals surface area contributed by atoms with E-state index >= 15 is 0 Å². The summed E-state index contributed by atoms with van der Waals surface area (Å²) >= 11 is 0. The monoisotopic (exact) mass is 549 g/mol. The Morgan fingerprint density at radius 2 is 1.00 bits per heavy atom. The first-order chi connectivity index (χ1) is 19.6. The number of benzene rings is 1. The lowest BCUT2D eigenvalue weighted by atomic mass is 9.90. The Bertz CT molecular complexity index is 971. The second-order valence-electron chi connectivity index (χ2n) is 12.1. The maximum Gasteiger partial charge on any atom is 0.254 e. The normalized spacial score (nSPS) is 12.7. The van der Waals surface area contributed by atoms with Crippen molar-refractivity contribution < 1.29 is 14.2 Å². The number of ketones is 2. The van der Waals surface area contributed by atoms with Gasteiger partial charge in [0.15, 0.2) is 0 Å². The Kier molecular flexibility index (Phi) is 14.7. The summed E-state index contributed by atoms with van der Waals surface area (Å²) in [6.45, 7) is 8.28. The molecule has 1 aromatic heterocycles. The highest BCUT2D eigenvalue weighted by Gasteiger charge is 2.42. The van der Waals surface area contributed by atoms with Crippen molar-refractivity contribution in [1.29, 1.82) is 0 Å². The van der Waals surface area contributed by atoms with Gasteiger partial charge in [-0.2, -0.15) is 0 Å². The summed E-state index contributed by atoms with van der Waals surface area (Å²) in [5, 5.41) is 0. The molecular formula is C36H57N2O2+. The van der Waals surface area contributed by atoms with Gasteiger partial charge in [-0.05, 0) is 25.7 Å². The van der Waals surface area contributed by atoms with Crippen LogP contribution in [0.1, 0.15) is 180 Å². The number of hydrogen-bond acceptors (Lipinski definition) is 2. The van der Waals surface area contributed by atoms with Gasteiger partial charge in [-0.3, -0.25) is 9.59 Å². The van der Waals surface area contributed by atoms with Crippen molar-refractivity contribution >= 4 is 11.6 Å². The fourth-order valence-electron chi connectivity index (χ4n) is 6.38. The molecule has 0 saturated carbocycles. The maximum atomic E-state index is 13.7. The highest BCUT2D eigenvalue weighted by Crippen LogP contribution is 2.28. The number of hydrogen-bond donors (Lipinski definition) is 0. The summed E-state index contributed by atoms with van der Waals surface area (Å²) in [5.74, 6) is 1.09. The molecule has 0 saturated heterocycles. The molecule has 1 aromatic carbocycles. The van der Waals surface area contributed by atoms with Crippen LogP contribution in [0.25, 0.3) is 0 Å². The third kappa shape index (κ3) is 9.14. The number of carbonyl (C=O) groups excluding carboxylic acids is 2. The summed E-state index contributed by atoms with van der Waals surface area (Å²) in [6.07, 6.45) is 25.8. The molecule has 0 atom stereocenters. The van der Waals surface area contributed by atoms with Crippen molar-refractivity contribution in [2.24, 2.45) is 0 Å². The van der Waals surface area contributed by atoms with Gasteiger partial charge in [0.1, 0.15) is 0 Å². The Balaban J connectivity index is 1.57. The van der Waals surface area contributed by atoms with Gasteiger partial charge in [-0.25, -0.2) is 9.13 Å². The molecule has 2 aromatic rings. The zero-order valence-corrected chi connectivity index (χ0v) is 26.1. The van der Waals surface area contributed by atoms with Crippen molar-refractivity contribution in [3.63, 3.8) is 0 Å². The molecule has 4 nitrogen and oxygen atoms in total. The van der Waals surface area contributed by atoms with E-state index in [4.69, 9.17) is 0 Å². The summed E-state index contributed by atoms with van der Waals surface area (Å²) in [4.78, 5) is 27.4. The molecule has 3 rings (SSSR count). The number of nitrogens with zero attached hydrogens (tertiary/aromatic N) is 2. The number of unbranched alkanes of at least 4 members (excludes halogenated alkanes) is 18. The van der Waals surface area contributed by atoms with Crippen LogP contribution in [0.15, 0.2) is 24.3 Å². The Morgan fingerprint density at radius 3 is 1.50 bits per heavy atom. The van der Waals surface area contributed by atoms with Gasteiger partial charge in [0.25, 0.3) is 5.82 Å². The molecule has 0 N–H and O–H groups in total. The van der Waals surface area contributed by atoms with Crippen LogP contribution in [-0.2, 0) is 13.1 Å². The van der Waals surface area contributed by atoms with Gasteiger partial charge in [0.05, 0.1) is 13.1 Å². The molecule has 0 fully saturated rings. The van der Waals surface area contributed by atoms with E-state index in [1.54, 1.807) is 0 Å². The quantitative estimate of drug-likeness (QED) is 0.0924. The van der Waals surface area contributed by atoms with Crippen molar-refractivity contribution in [2.45, 2.75) is 162 Å². The van der Waals surface area contributed by atoms with Crippen LogP contribution in [-0.4, -0.2) is 16.1 Å². The van der Waals surface area contributed by atoms with Crippen LogP contribution < -0.4 is 4.57 Å². The molecule has 0 radical (unpaired) electrons. The SMILES string of the molecule is CCCCCCCCCCCCn1c2c([n+](CCCCCCCCCCCC)c1C)C(=O)c1ccccc1C2=O. The van der Waals surface area contributed by atoms with E-state index in [1.165, 1.54) is 116 Å². The molecule has 0 unspecified atom stereocenters. The summed E-state index contributed by atoms with van der Waals surface area (Å²) in [6, 6.07) is 7.38. The largest absolute Gasteiger partial charge is 0.284 e. The minimum Gasteiger partial charge on any atom is -0.284 e. The second-order valence-corrected chi connectivity index (χ2v) is 12.1. The van der Waals surface area contributed by atoms with Crippen molar-refractivity contribution in [1.82, 2.24) is 4.57 Å². The number of rotatable bonds is 22. The Morgan fingerprint density at radius 1 is 0.575 bits per heavy atom. The topological polar surface area (TPSA) is 43.0 Å². The highest BCUT2D eigenvalue weighted by atomic mass is 16.1. The van der Waals surface area contributed by atoms with Crippen LogP contribution in [0.4, 0.5) is 0 Å². The van der Waals surface area contributed by atoms with E-state index in [2.05, 4.69) is 29.9 Å². The average molecular weight is 550 g/mol. The lowest BCUT2D eigenvalue weighted by Crippen LogP contribution is -2.43. The molecule has 1 heterocycles. The lowest BCUT2D eigenvalue weighted by Gasteiger charge is -2.13. The van der Waals surface area contributed by atoms with Gasteiger partial charge in [0.2, 0.25) is 23.0 Å². The van der Waals surface area contributed by atoms with Crippen LogP contribution >= 0.6 is 0 Å². The first kappa shape index (κ1) is 32.3. The van der Waals surface area contributed by atoms with Crippen LogP contribution in [0.3, 0.4) is 0 Å². The molecule has 1 aliphatic carbocycles. The second kappa shape index (κ2) is 18.3. The Hall–Kier alpha value is -2.23. The third-order valence-corrected chi connectivity index (χ3v) is 8.86. The minimum atomic E-state index is 0.0159. The standard InChI is InChI=1S/C36H57N2O2/c1-4-6-8-10-12-14-16-18-20-24-28-37-30(3)38(29-25-21-19-17-15-13-11-9-7-5-2)34-33(37)35(39)31-26-22-23-27-32(31)36(34)40/h22-23,26-27H,4-21,24-25,28-29H2,1-3H3/q+1. The minimum absolute atomic E-state index is 0.0159. The first-order valence-corrected chi connectivity index (χ1v) is 16.9. The predicted octanol–water partition coefficient (Wildman–Crippen LogP) is 9.70. The molecule has 0 bridgehead atoms. The van der Waals surface area contributed by atoms with Crippen molar-refractivity contribution in [2.75, 3.05) is 0 Å². The zero-order chi connectivity index (χ0) is 28.6. The number of carbonyl (C=O) groups is 2. The van der Waals surface area contributed by atoms with Crippen LogP contribution in [0.2, 0.25) is 0 Å². The van der Waals surface area contributed by atoms with E-state index in [1.807, 2.05) is 24.3 Å². The van der Waals surface area contributed by atoms with E-state index in [9.17, 15) is 9.59 Å². The number of fused-ring (bicyclic) bond motifs is 2. The van der Waals surface area contributed by atoms with Crippen LogP contribution in [0.5, 0.6) is 0 Å². The van der Waals surface area contributed by atoms with Gasteiger partial charge < -0.3 is 0 Å². The van der Waals surface area contributed by atoms with Gasteiger partial charge in [-0.15, -0.1) is 0 Å². The van der Waals surface area contributed by atoms with Crippen molar-refractivity contribution in [3.05, 3.63) is 52.6 Å². The van der Waals surface area contributed by atoms with Gasteiger partial charge >= 0.3 is 0 Å². The number of imidazole rings is 1. The number of aromatic nitrogens is 2. The van der Waals surface area contributed by atoms with Crippen molar-refractivity contribution in [3.8, 4) is 0 Å². The van der Waals surface area contributed by atoms with Gasteiger partial charge in [0, 0.05) is 18.1 Å². The summed E-state index contributed by atoms with van der Waals surface area (Å²) in [5.41, 5.74) is 2.38. The van der Waals surface area contributed by atoms with Crippen LogP contribution in [0, 0.1) is 6.92 Å². The Labute approximate surface area is 245 Å². The lowest BCUT2D eigenvalue weighted by molar-refractivity contribution is -0.704. The maximum absolute atomic E-state index is 13.7. The fourth-order valence-corrected chi connectivity index (χ4v) is 6.38. The molecule has 222 valence electrons. The van der Waals surface area contributed by atoms with E-state index in [0.717, 1.165) is 31.8 Å². The highest BCUT2D eigenvalue weighted by molar-refractivity contribution is 6.26. The average Bonchev–Trinajstić information content (AvgIpc) is 3.25.